The second kappa shape index (κ2) is 8.67. The lowest BCUT2D eigenvalue weighted by Crippen LogP contribution is -2.44. The van der Waals surface area contributed by atoms with Crippen LogP contribution in [0.25, 0.3) is 10.9 Å². The summed E-state index contributed by atoms with van der Waals surface area (Å²) in [7, 11) is 4.61. The summed E-state index contributed by atoms with van der Waals surface area (Å²) in [6.07, 6.45) is 1.70. The molecule has 31 heavy (non-hydrogen) atoms. The van der Waals surface area contributed by atoms with Crippen LogP contribution in [0.15, 0.2) is 18.3 Å². The number of amides is 2. The highest BCUT2D eigenvalue weighted by molar-refractivity contribution is 7.99. The number of methoxy groups -OCH3 is 3. The van der Waals surface area contributed by atoms with Gasteiger partial charge in [0.25, 0.3) is 5.91 Å². The lowest BCUT2D eigenvalue weighted by molar-refractivity contribution is -0.119. The number of hydrogen-bond donors (Lipinski definition) is 2. The Bertz CT molecular complexity index is 1140. The van der Waals surface area contributed by atoms with Crippen molar-refractivity contribution in [1.82, 2.24) is 14.9 Å². The number of carbonyl (C=O) groups is 2. The van der Waals surface area contributed by atoms with Gasteiger partial charge in [-0.25, -0.2) is 4.98 Å². The van der Waals surface area contributed by atoms with Crippen molar-refractivity contribution < 1.29 is 23.8 Å². The number of anilines is 1. The Kier molecular flexibility index (Phi) is 5.96. The zero-order valence-corrected chi connectivity index (χ0v) is 19.1. The maximum atomic E-state index is 13.3. The first-order valence-electron chi connectivity index (χ1n) is 9.40. The summed E-state index contributed by atoms with van der Waals surface area (Å²) in [5.41, 5.74) is 0.929. The molecular weight excluding hydrogens is 440 g/mol. The quantitative estimate of drug-likeness (QED) is 0.580. The normalized spacial score (nSPS) is 15.9. The van der Waals surface area contributed by atoms with Crippen LogP contribution in [0, 0.1) is 6.92 Å². The van der Waals surface area contributed by atoms with Crippen LogP contribution in [-0.2, 0) is 4.79 Å². The highest BCUT2D eigenvalue weighted by Crippen LogP contribution is 2.41. The van der Waals surface area contributed by atoms with Crippen LogP contribution in [-0.4, -0.2) is 65.7 Å². The number of carbonyl (C=O) groups excluding carboxylic acids is 2. The van der Waals surface area contributed by atoms with E-state index < -0.39 is 6.04 Å². The maximum Gasteiger partial charge on any atom is 0.271 e. The third kappa shape index (κ3) is 3.90. The van der Waals surface area contributed by atoms with Crippen LogP contribution < -0.4 is 19.5 Å². The second-order valence-corrected chi connectivity index (χ2v) is 9.08. The van der Waals surface area contributed by atoms with Gasteiger partial charge in [0.1, 0.15) is 17.5 Å². The molecule has 1 aliphatic heterocycles. The summed E-state index contributed by atoms with van der Waals surface area (Å²) in [5, 5.41) is 4.03. The number of thioether (sulfide) groups is 1. The Labute approximate surface area is 187 Å². The minimum atomic E-state index is -0.591. The predicted octanol–water partition coefficient (Wildman–Crippen LogP) is 3.11. The van der Waals surface area contributed by atoms with Gasteiger partial charge in [0.05, 0.1) is 32.7 Å². The molecule has 164 valence electrons. The zero-order chi connectivity index (χ0) is 22.1. The average Bonchev–Trinajstić information content (AvgIpc) is 3.51. The number of nitrogens with zero attached hydrogens (tertiary/aromatic N) is 2. The number of nitrogens with one attached hydrogen (secondary N) is 2. The van der Waals surface area contributed by atoms with Crippen molar-refractivity contribution in [2.45, 2.75) is 13.0 Å². The van der Waals surface area contributed by atoms with E-state index in [0.717, 1.165) is 4.88 Å². The van der Waals surface area contributed by atoms with Gasteiger partial charge in [-0.15, -0.1) is 23.1 Å². The molecule has 4 rings (SSSR count). The first-order valence-corrected chi connectivity index (χ1v) is 11.4. The van der Waals surface area contributed by atoms with Crippen LogP contribution in [0.1, 0.15) is 15.4 Å². The van der Waals surface area contributed by atoms with Crippen molar-refractivity contribution in [3.05, 3.63) is 28.9 Å². The van der Waals surface area contributed by atoms with Crippen molar-refractivity contribution in [1.29, 1.82) is 0 Å². The number of thiazole rings is 1. The number of rotatable bonds is 6. The molecule has 1 atom stereocenters. The SMILES string of the molecule is COc1cc(OC)c2cc(C(=O)N3CSCC3C(=O)Nc3ncc(C)s3)[nH]c2c1OC. The molecule has 0 spiro atoms. The smallest absolute Gasteiger partial charge is 0.271 e. The minimum Gasteiger partial charge on any atom is -0.496 e. The number of aromatic nitrogens is 2. The molecule has 1 aliphatic rings. The summed E-state index contributed by atoms with van der Waals surface area (Å²) in [5.74, 6) is 1.92. The monoisotopic (exact) mass is 462 g/mol. The largest absolute Gasteiger partial charge is 0.496 e. The summed E-state index contributed by atoms with van der Waals surface area (Å²) in [6.45, 7) is 1.92. The molecule has 0 saturated carbocycles. The van der Waals surface area contributed by atoms with Crippen LogP contribution >= 0.6 is 23.1 Å². The molecule has 1 saturated heterocycles. The third-order valence-corrected chi connectivity index (χ3v) is 6.81. The fourth-order valence-corrected chi connectivity index (χ4v) is 5.29. The molecule has 3 aromatic rings. The number of ether oxygens (including phenoxy) is 3. The molecule has 1 fully saturated rings. The van der Waals surface area contributed by atoms with E-state index in [0.29, 0.717) is 50.6 Å². The first-order chi connectivity index (χ1) is 15.0. The van der Waals surface area contributed by atoms with E-state index in [-0.39, 0.29) is 11.8 Å². The van der Waals surface area contributed by atoms with Gasteiger partial charge in [0.15, 0.2) is 16.6 Å². The standard InChI is InChI=1S/C20H22N4O5S2/c1-10-7-21-20(31-10)23-18(25)13-8-30-9-24(13)19(26)12-5-11-14(27-2)6-15(28-3)17(29-4)16(11)22-12/h5-7,13,22H,8-9H2,1-4H3,(H,21,23,25). The van der Waals surface area contributed by atoms with Crippen molar-refractivity contribution in [3.63, 3.8) is 0 Å². The number of benzene rings is 1. The lowest BCUT2D eigenvalue weighted by atomic mass is 10.2. The number of fused-ring (bicyclic) bond motifs is 1. The topological polar surface area (TPSA) is 106 Å². The van der Waals surface area contributed by atoms with E-state index in [1.807, 2.05) is 6.92 Å². The molecule has 1 unspecified atom stereocenters. The van der Waals surface area contributed by atoms with Crippen LogP contribution in [0.5, 0.6) is 17.2 Å². The molecule has 9 nitrogen and oxygen atoms in total. The van der Waals surface area contributed by atoms with E-state index in [1.54, 1.807) is 30.3 Å². The fourth-order valence-electron chi connectivity index (χ4n) is 3.47. The Hall–Kier alpha value is -2.92. The molecule has 11 heteroatoms. The van der Waals surface area contributed by atoms with Crippen LogP contribution in [0.4, 0.5) is 5.13 Å². The predicted molar refractivity (Wildman–Crippen MR) is 121 cm³/mol. The lowest BCUT2D eigenvalue weighted by Gasteiger charge is -2.22. The van der Waals surface area contributed by atoms with Crippen molar-refractivity contribution in [2.75, 3.05) is 38.3 Å². The van der Waals surface area contributed by atoms with Crippen LogP contribution in [0.2, 0.25) is 0 Å². The van der Waals surface area contributed by atoms with Gasteiger partial charge in [-0.1, -0.05) is 0 Å². The highest BCUT2D eigenvalue weighted by atomic mass is 32.2. The highest BCUT2D eigenvalue weighted by Gasteiger charge is 2.36. The number of hydrogen-bond acceptors (Lipinski definition) is 8. The summed E-state index contributed by atoms with van der Waals surface area (Å²) in [4.78, 5) is 36.0. The van der Waals surface area contributed by atoms with Crippen LogP contribution in [0.3, 0.4) is 0 Å². The van der Waals surface area contributed by atoms with Gasteiger partial charge in [-0.05, 0) is 13.0 Å². The molecule has 2 aromatic heterocycles. The van der Waals surface area contributed by atoms with Gasteiger partial charge >= 0.3 is 0 Å². The maximum absolute atomic E-state index is 13.3. The number of aryl methyl sites for hydroxylation is 1. The van der Waals surface area contributed by atoms with Gasteiger partial charge in [0.2, 0.25) is 5.91 Å². The summed E-state index contributed by atoms with van der Waals surface area (Å²) in [6, 6.07) is 2.83. The molecule has 2 amide bonds. The van der Waals surface area contributed by atoms with E-state index in [2.05, 4.69) is 15.3 Å². The van der Waals surface area contributed by atoms with E-state index >= 15 is 0 Å². The summed E-state index contributed by atoms with van der Waals surface area (Å²) < 4.78 is 16.3. The molecule has 2 N–H and O–H groups in total. The third-order valence-electron chi connectivity index (χ3n) is 4.97. The molecule has 0 bridgehead atoms. The molecule has 1 aromatic carbocycles. The Morgan fingerprint density at radius 1 is 1.19 bits per heavy atom. The Morgan fingerprint density at radius 2 is 1.97 bits per heavy atom. The second-order valence-electron chi connectivity index (χ2n) is 6.84. The molecule has 3 heterocycles. The van der Waals surface area contributed by atoms with Crippen molar-refractivity contribution >= 4 is 50.9 Å². The zero-order valence-electron chi connectivity index (χ0n) is 17.5. The van der Waals surface area contributed by atoms with Gasteiger partial charge in [-0.2, -0.15) is 0 Å². The number of aromatic amines is 1. The average molecular weight is 463 g/mol. The first kappa shape index (κ1) is 21.3. The molecular formula is C20H22N4O5S2. The molecule has 0 aliphatic carbocycles. The summed E-state index contributed by atoms with van der Waals surface area (Å²) >= 11 is 2.93. The van der Waals surface area contributed by atoms with E-state index in [1.165, 1.54) is 37.3 Å². The minimum absolute atomic E-state index is 0.249. The Morgan fingerprint density at radius 3 is 2.61 bits per heavy atom. The fraction of sp³-hybridized carbons (Fsp3) is 0.350. The number of H-pyrrole nitrogens is 1. The van der Waals surface area contributed by atoms with Crippen molar-refractivity contribution in [2.24, 2.45) is 0 Å². The van der Waals surface area contributed by atoms with E-state index in [9.17, 15) is 9.59 Å². The molecule has 0 radical (unpaired) electrons. The van der Waals surface area contributed by atoms with Gasteiger partial charge in [0, 0.05) is 28.3 Å². The van der Waals surface area contributed by atoms with E-state index in [4.69, 9.17) is 14.2 Å². The Balaban J connectivity index is 1.64. The van der Waals surface area contributed by atoms with Crippen molar-refractivity contribution in [3.8, 4) is 17.2 Å². The van der Waals surface area contributed by atoms with Gasteiger partial charge in [-0.3, -0.25) is 9.59 Å². The van der Waals surface area contributed by atoms with Gasteiger partial charge < -0.3 is 29.4 Å².